The van der Waals surface area contributed by atoms with Crippen LogP contribution in [0.5, 0.6) is 0 Å². The summed E-state index contributed by atoms with van der Waals surface area (Å²) in [6.45, 7) is 7.04. The minimum atomic E-state index is 0.0152. The van der Waals surface area contributed by atoms with Gasteiger partial charge in [-0.25, -0.2) is 4.98 Å². The van der Waals surface area contributed by atoms with E-state index in [1.165, 1.54) is 0 Å². The average Bonchev–Trinajstić information content (AvgIpc) is 2.76. The topological polar surface area (TPSA) is 54.0 Å². The fraction of sp³-hybridized carbons (Fsp3) is 0.692. The highest BCUT2D eigenvalue weighted by atomic mass is 32.1. The van der Waals surface area contributed by atoms with E-state index < -0.39 is 0 Å². The van der Waals surface area contributed by atoms with Gasteiger partial charge in [-0.15, -0.1) is 11.3 Å². The fourth-order valence-electron chi connectivity index (χ4n) is 2.33. The number of nitrogens with one attached hydrogen (secondary N) is 2. The Bertz CT molecular complexity index is 418. The van der Waals surface area contributed by atoms with Gasteiger partial charge >= 0.3 is 0 Å². The van der Waals surface area contributed by atoms with E-state index in [1.807, 2.05) is 19.2 Å². The second-order valence-electron chi connectivity index (χ2n) is 5.13. The van der Waals surface area contributed by atoms with Crippen LogP contribution >= 0.6 is 11.3 Å². The second kappa shape index (κ2) is 5.80. The van der Waals surface area contributed by atoms with Gasteiger partial charge in [0.25, 0.3) is 0 Å². The minimum Gasteiger partial charge on any atom is -0.347 e. The third-order valence-electron chi connectivity index (χ3n) is 3.36. The zero-order valence-corrected chi connectivity index (χ0v) is 12.0. The molecule has 1 amide bonds. The summed E-state index contributed by atoms with van der Waals surface area (Å²) in [4.78, 5) is 16.6. The highest BCUT2D eigenvalue weighted by molar-refractivity contribution is 7.09. The third kappa shape index (κ3) is 3.29. The van der Waals surface area contributed by atoms with Crippen molar-refractivity contribution in [2.75, 3.05) is 6.54 Å². The molecule has 5 heteroatoms. The van der Waals surface area contributed by atoms with Crippen LogP contribution in [0.1, 0.15) is 43.4 Å². The number of hydrogen-bond acceptors (Lipinski definition) is 4. The van der Waals surface area contributed by atoms with Gasteiger partial charge in [-0.1, -0.05) is 0 Å². The molecule has 2 heterocycles. The maximum Gasteiger partial charge on any atom is 0.223 e. The van der Waals surface area contributed by atoms with E-state index in [2.05, 4.69) is 22.5 Å². The summed E-state index contributed by atoms with van der Waals surface area (Å²) < 4.78 is 0. The number of carbonyl (C=O) groups excluding carboxylic acids is 1. The SMILES string of the molecule is Cc1csc(C(C)NC(=O)C2CCNC(C)C2)n1. The lowest BCUT2D eigenvalue weighted by atomic mass is 9.92. The second-order valence-corrected chi connectivity index (χ2v) is 6.02. The number of thiazole rings is 1. The zero-order chi connectivity index (χ0) is 13.1. The van der Waals surface area contributed by atoms with Gasteiger partial charge in [-0.05, 0) is 40.2 Å². The molecule has 100 valence electrons. The zero-order valence-electron chi connectivity index (χ0n) is 11.2. The van der Waals surface area contributed by atoms with Crippen molar-refractivity contribution in [1.82, 2.24) is 15.6 Å². The molecule has 1 aromatic heterocycles. The van der Waals surface area contributed by atoms with Gasteiger partial charge in [0, 0.05) is 23.0 Å². The van der Waals surface area contributed by atoms with Crippen molar-refractivity contribution in [2.45, 2.75) is 45.7 Å². The van der Waals surface area contributed by atoms with E-state index in [1.54, 1.807) is 11.3 Å². The molecule has 3 atom stereocenters. The molecule has 1 aromatic rings. The molecule has 1 aliphatic rings. The summed E-state index contributed by atoms with van der Waals surface area (Å²) in [5.41, 5.74) is 1.02. The molecule has 18 heavy (non-hydrogen) atoms. The predicted molar refractivity (Wildman–Crippen MR) is 73.6 cm³/mol. The first-order chi connectivity index (χ1) is 8.56. The Morgan fingerprint density at radius 3 is 3.06 bits per heavy atom. The number of aromatic nitrogens is 1. The van der Waals surface area contributed by atoms with Crippen molar-refractivity contribution >= 4 is 17.2 Å². The molecule has 4 nitrogen and oxygen atoms in total. The smallest absolute Gasteiger partial charge is 0.223 e. The number of carbonyl (C=O) groups is 1. The largest absolute Gasteiger partial charge is 0.347 e. The lowest BCUT2D eigenvalue weighted by molar-refractivity contribution is -0.126. The number of piperidine rings is 1. The first kappa shape index (κ1) is 13.5. The minimum absolute atomic E-state index is 0.0152. The van der Waals surface area contributed by atoms with Crippen LogP contribution in [-0.2, 0) is 4.79 Å². The molecule has 0 radical (unpaired) electrons. The van der Waals surface area contributed by atoms with Crippen LogP contribution in [0, 0.1) is 12.8 Å². The van der Waals surface area contributed by atoms with Gasteiger partial charge in [0.15, 0.2) is 0 Å². The monoisotopic (exact) mass is 267 g/mol. The summed E-state index contributed by atoms with van der Waals surface area (Å²) in [5, 5.41) is 9.45. The van der Waals surface area contributed by atoms with Crippen LogP contribution in [0.2, 0.25) is 0 Å². The molecule has 0 bridgehead atoms. The van der Waals surface area contributed by atoms with E-state index >= 15 is 0 Å². The average molecular weight is 267 g/mol. The number of hydrogen-bond donors (Lipinski definition) is 2. The Kier molecular flexibility index (Phi) is 4.35. The van der Waals surface area contributed by atoms with E-state index in [0.29, 0.717) is 6.04 Å². The molecule has 3 unspecified atom stereocenters. The maximum absolute atomic E-state index is 12.2. The van der Waals surface area contributed by atoms with Gasteiger partial charge in [-0.3, -0.25) is 4.79 Å². The number of nitrogens with zero attached hydrogens (tertiary/aromatic N) is 1. The van der Waals surface area contributed by atoms with Crippen molar-refractivity contribution in [3.05, 3.63) is 16.1 Å². The number of aryl methyl sites for hydroxylation is 1. The number of rotatable bonds is 3. The molecule has 2 N–H and O–H groups in total. The lowest BCUT2D eigenvalue weighted by Crippen LogP contribution is -2.42. The van der Waals surface area contributed by atoms with Crippen molar-refractivity contribution in [3.8, 4) is 0 Å². The van der Waals surface area contributed by atoms with Crippen LogP contribution in [0.15, 0.2) is 5.38 Å². The summed E-state index contributed by atoms with van der Waals surface area (Å²) in [6.07, 6.45) is 1.86. The highest BCUT2D eigenvalue weighted by Gasteiger charge is 2.26. The van der Waals surface area contributed by atoms with Crippen molar-refractivity contribution in [1.29, 1.82) is 0 Å². The lowest BCUT2D eigenvalue weighted by Gasteiger charge is -2.27. The van der Waals surface area contributed by atoms with Gasteiger partial charge in [-0.2, -0.15) is 0 Å². The van der Waals surface area contributed by atoms with Crippen LogP contribution in [-0.4, -0.2) is 23.5 Å². The Labute approximate surface area is 112 Å². The summed E-state index contributed by atoms with van der Waals surface area (Å²) in [5.74, 6) is 0.313. The molecule has 1 fully saturated rings. The molecule has 0 aliphatic carbocycles. The number of amides is 1. The summed E-state index contributed by atoms with van der Waals surface area (Å²) in [6, 6.07) is 0.452. The first-order valence-electron chi connectivity index (χ1n) is 6.52. The summed E-state index contributed by atoms with van der Waals surface area (Å²) in [7, 11) is 0. The van der Waals surface area contributed by atoms with Gasteiger partial charge in [0.1, 0.15) is 5.01 Å². The van der Waals surface area contributed by atoms with Crippen molar-refractivity contribution in [2.24, 2.45) is 5.92 Å². The van der Waals surface area contributed by atoms with Crippen molar-refractivity contribution < 1.29 is 4.79 Å². The van der Waals surface area contributed by atoms with Gasteiger partial charge in [0.05, 0.1) is 6.04 Å². The van der Waals surface area contributed by atoms with E-state index in [-0.39, 0.29) is 17.9 Å². The highest BCUT2D eigenvalue weighted by Crippen LogP contribution is 2.20. The molecule has 0 aromatic carbocycles. The van der Waals surface area contributed by atoms with Crippen LogP contribution in [0.4, 0.5) is 0 Å². The van der Waals surface area contributed by atoms with Crippen LogP contribution in [0.3, 0.4) is 0 Å². The quantitative estimate of drug-likeness (QED) is 0.881. The fourth-order valence-corrected chi connectivity index (χ4v) is 3.14. The molecule has 1 saturated heterocycles. The van der Waals surface area contributed by atoms with Crippen LogP contribution < -0.4 is 10.6 Å². The maximum atomic E-state index is 12.2. The Balaban J connectivity index is 1.90. The van der Waals surface area contributed by atoms with Gasteiger partial charge in [0.2, 0.25) is 5.91 Å². The summed E-state index contributed by atoms with van der Waals surface area (Å²) >= 11 is 1.61. The first-order valence-corrected chi connectivity index (χ1v) is 7.40. The molecular formula is C13H21N3OS. The standard InChI is InChI=1S/C13H21N3OS/c1-8-6-11(4-5-14-8)12(17)16-10(3)13-15-9(2)7-18-13/h7-8,10-11,14H,4-6H2,1-3H3,(H,16,17). The normalized spacial score (nSPS) is 25.7. The Hall–Kier alpha value is -0.940. The third-order valence-corrected chi connectivity index (χ3v) is 4.51. The molecule has 0 spiro atoms. The molecule has 1 aliphatic heterocycles. The molecular weight excluding hydrogens is 246 g/mol. The molecule has 0 saturated carbocycles. The van der Waals surface area contributed by atoms with Gasteiger partial charge < -0.3 is 10.6 Å². The van der Waals surface area contributed by atoms with E-state index in [0.717, 1.165) is 30.1 Å². The predicted octanol–water partition coefficient (Wildman–Crippen LogP) is 2.02. The van der Waals surface area contributed by atoms with E-state index in [9.17, 15) is 4.79 Å². The molecule has 2 rings (SSSR count). The van der Waals surface area contributed by atoms with Crippen LogP contribution in [0.25, 0.3) is 0 Å². The van der Waals surface area contributed by atoms with Crippen molar-refractivity contribution in [3.63, 3.8) is 0 Å². The van der Waals surface area contributed by atoms with E-state index in [4.69, 9.17) is 0 Å². The Morgan fingerprint density at radius 1 is 1.67 bits per heavy atom. The Morgan fingerprint density at radius 2 is 2.44 bits per heavy atom.